The zero-order valence-corrected chi connectivity index (χ0v) is 10.9. The molecule has 0 spiro atoms. The third-order valence-corrected chi connectivity index (χ3v) is 2.74. The number of hydrogen-bond donors (Lipinski definition) is 1. The van der Waals surface area contributed by atoms with E-state index in [1.54, 1.807) is 7.11 Å². The van der Waals surface area contributed by atoms with Crippen LogP contribution in [0.15, 0.2) is 18.2 Å². The molecule has 0 aliphatic carbocycles. The lowest BCUT2D eigenvalue weighted by molar-refractivity contribution is 0.00930. The van der Waals surface area contributed by atoms with Gasteiger partial charge in [0.1, 0.15) is 12.4 Å². The molecule has 0 aromatic heterocycles. The Kier molecular flexibility index (Phi) is 6.01. The fourth-order valence-corrected chi connectivity index (χ4v) is 1.61. The Labute approximate surface area is 106 Å². The Morgan fingerprint density at radius 2 is 2.06 bits per heavy atom. The minimum Gasteiger partial charge on any atom is -0.496 e. The number of hydrogen-bond acceptors (Lipinski definition) is 3. The maximum atomic E-state index is 12.0. The normalized spacial score (nSPS) is 12.8. The first-order chi connectivity index (χ1) is 8.58. The van der Waals surface area contributed by atoms with E-state index >= 15 is 0 Å². The molecule has 5 heteroatoms. The van der Waals surface area contributed by atoms with Crippen LogP contribution in [0, 0.1) is 0 Å². The molecular formula is C13H19F2NO2. The number of rotatable bonds is 7. The molecule has 0 heterocycles. The van der Waals surface area contributed by atoms with E-state index in [4.69, 9.17) is 9.47 Å². The molecule has 102 valence electrons. The number of ether oxygens (including phenoxy) is 2. The van der Waals surface area contributed by atoms with E-state index in [0.29, 0.717) is 5.75 Å². The molecule has 18 heavy (non-hydrogen) atoms. The topological polar surface area (TPSA) is 30.5 Å². The highest BCUT2D eigenvalue weighted by molar-refractivity contribution is 5.38. The van der Waals surface area contributed by atoms with Crippen LogP contribution in [0.3, 0.4) is 0 Å². The number of alkyl halides is 2. The molecule has 0 saturated heterocycles. The maximum Gasteiger partial charge on any atom is 0.261 e. The van der Waals surface area contributed by atoms with Crippen molar-refractivity contribution in [3.05, 3.63) is 29.3 Å². The second-order valence-corrected chi connectivity index (χ2v) is 3.99. The molecule has 0 amide bonds. The zero-order chi connectivity index (χ0) is 13.5. The van der Waals surface area contributed by atoms with Gasteiger partial charge in [0.15, 0.2) is 0 Å². The summed E-state index contributed by atoms with van der Waals surface area (Å²) in [7, 11) is 3.41. The lowest BCUT2D eigenvalue weighted by Crippen LogP contribution is -2.13. The highest BCUT2D eigenvalue weighted by atomic mass is 19.3. The van der Waals surface area contributed by atoms with E-state index < -0.39 is 13.0 Å². The van der Waals surface area contributed by atoms with Crippen molar-refractivity contribution in [1.82, 2.24) is 5.32 Å². The lowest BCUT2D eigenvalue weighted by Gasteiger charge is -2.15. The maximum absolute atomic E-state index is 12.0. The molecule has 1 N–H and O–H groups in total. The summed E-state index contributed by atoms with van der Waals surface area (Å²) < 4.78 is 34.2. The van der Waals surface area contributed by atoms with Crippen LogP contribution in [0.5, 0.6) is 5.75 Å². The van der Waals surface area contributed by atoms with Gasteiger partial charge in [-0.2, -0.15) is 0 Å². The number of nitrogens with one attached hydrogen (secondary N) is 1. The van der Waals surface area contributed by atoms with Crippen molar-refractivity contribution in [3.63, 3.8) is 0 Å². The van der Waals surface area contributed by atoms with Gasteiger partial charge in [-0.15, -0.1) is 0 Å². The number of methoxy groups -OCH3 is 1. The van der Waals surface area contributed by atoms with Gasteiger partial charge < -0.3 is 14.8 Å². The van der Waals surface area contributed by atoms with E-state index in [0.717, 1.165) is 11.1 Å². The van der Waals surface area contributed by atoms with Gasteiger partial charge >= 0.3 is 0 Å². The molecule has 1 aromatic rings. The first kappa shape index (κ1) is 14.9. The van der Waals surface area contributed by atoms with Crippen LogP contribution in [0.4, 0.5) is 8.78 Å². The summed E-state index contributed by atoms with van der Waals surface area (Å²) >= 11 is 0. The number of halogens is 2. The van der Waals surface area contributed by atoms with Crippen LogP contribution in [-0.4, -0.2) is 27.2 Å². The minimum atomic E-state index is -2.45. The van der Waals surface area contributed by atoms with Crippen molar-refractivity contribution in [2.75, 3.05) is 20.8 Å². The molecule has 1 rings (SSSR count). The van der Waals surface area contributed by atoms with Gasteiger partial charge in [0.05, 0.1) is 13.7 Å². The third kappa shape index (κ3) is 4.23. The Balaban J connectivity index is 2.78. The molecule has 0 bridgehead atoms. The van der Waals surface area contributed by atoms with Crippen molar-refractivity contribution in [2.24, 2.45) is 0 Å². The monoisotopic (exact) mass is 259 g/mol. The van der Waals surface area contributed by atoms with Crippen molar-refractivity contribution < 1.29 is 18.3 Å². The Hall–Kier alpha value is -1.20. The highest BCUT2D eigenvalue weighted by Gasteiger charge is 2.10. The quantitative estimate of drug-likeness (QED) is 0.816. The summed E-state index contributed by atoms with van der Waals surface area (Å²) in [5, 5.41) is 3.12. The van der Waals surface area contributed by atoms with Crippen molar-refractivity contribution in [2.45, 2.75) is 26.0 Å². The minimum absolute atomic E-state index is 0.123. The van der Waals surface area contributed by atoms with Crippen LogP contribution in [-0.2, 0) is 11.3 Å². The van der Waals surface area contributed by atoms with Crippen LogP contribution < -0.4 is 10.1 Å². The fraction of sp³-hybridized carbons (Fsp3) is 0.538. The van der Waals surface area contributed by atoms with Crippen molar-refractivity contribution >= 4 is 0 Å². The van der Waals surface area contributed by atoms with E-state index in [1.165, 1.54) is 0 Å². The van der Waals surface area contributed by atoms with E-state index in [9.17, 15) is 8.78 Å². The Morgan fingerprint density at radius 1 is 1.33 bits per heavy atom. The SMILES string of the molecule is CNC(C)c1ccc(OC)c(COCC(F)F)c1. The largest absolute Gasteiger partial charge is 0.496 e. The van der Waals surface area contributed by atoms with Crippen LogP contribution in [0.1, 0.15) is 24.1 Å². The number of benzene rings is 1. The highest BCUT2D eigenvalue weighted by Crippen LogP contribution is 2.24. The molecule has 1 unspecified atom stereocenters. The van der Waals surface area contributed by atoms with Crippen LogP contribution in [0.25, 0.3) is 0 Å². The third-order valence-electron chi connectivity index (χ3n) is 2.74. The summed E-state index contributed by atoms with van der Waals surface area (Å²) in [5.41, 5.74) is 1.84. The van der Waals surface area contributed by atoms with Gasteiger partial charge in [-0.3, -0.25) is 0 Å². The molecule has 0 aliphatic heterocycles. The van der Waals surface area contributed by atoms with Gasteiger partial charge in [0, 0.05) is 11.6 Å². The van der Waals surface area contributed by atoms with Crippen LogP contribution in [0.2, 0.25) is 0 Å². The average Bonchev–Trinajstić information content (AvgIpc) is 2.37. The van der Waals surface area contributed by atoms with Gasteiger partial charge in [0.2, 0.25) is 0 Å². The summed E-state index contributed by atoms with van der Waals surface area (Å²) in [6.45, 7) is 1.58. The summed E-state index contributed by atoms with van der Waals surface area (Å²) in [6.07, 6.45) is -2.45. The van der Waals surface area contributed by atoms with Gasteiger partial charge in [-0.05, 0) is 31.7 Å². The molecule has 0 saturated carbocycles. The molecule has 0 radical (unpaired) electrons. The van der Waals surface area contributed by atoms with Gasteiger partial charge in [-0.25, -0.2) is 8.78 Å². The van der Waals surface area contributed by atoms with Gasteiger partial charge in [0.25, 0.3) is 6.43 Å². The van der Waals surface area contributed by atoms with Crippen molar-refractivity contribution in [1.29, 1.82) is 0 Å². The second-order valence-electron chi connectivity index (χ2n) is 3.99. The van der Waals surface area contributed by atoms with Gasteiger partial charge in [-0.1, -0.05) is 6.07 Å². The fourth-order valence-electron chi connectivity index (χ4n) is 1.61. The zero-order valence-electron chi connectivity index (χ0n) is 10.9. The molecular weight excluding hydrogens is 240 g/mol. The van der Waals surface area contributed by atoms with E-state index in [-0.39, 0.29) is 12.6 Å². The predicted molar refractivity (Wildman–Crippen MR) is 66.1 cm³/mol. The van der Waals surface area contributed by atoms with E-state index in [1.807, 2.05) is 32.2 Å². The first-order valence-corrected chi connectivity index (χ1v) is 5.78. The van der Waals surface area contributed by atoms with Crippen LogP contribution >= 0.6 is 0 Å². The summed E-state index contributed by atoms with van der Waals surface area (Å²) in [6, 6.07) is 5.86. The second kappa shape index (κ2) is 7.28. The summed E-state index contributed by atoms with van der Waals surface area (Å²) in [4.78, 5) is 0. The Morgan fingerprint density at radius 3 is 2.61 bits per heavy atom. The molecule has 1 aromatic carbocycles. The molecule has 0 fully saturated rings. The molecule has 0 aliphatic rings. The molecule has 3 nitrogen and oxygen atoms in total. The smallest absolute Gasteiger partial charge is 0.261 e. The summed E-state index contributed by atoms with van der Waals surface area (Å²) in [5.74, 6) is 0.649. The first-order valence-electron chi connectivity index (χ1n) is 5.78. The van der Waals surface area contributed by atoms with E-state index in [2.05, 4.69) is 5.32 Å². The molecule has 1 atom stereocenters. The average molecular weight is 259 g/mol. The van der Waals surface area contributed by atoms with Crippen molar-refractivity contribution in [3.8, 4) is 5.75 Å². The predicted octanol–water partition coefficient (Wildman–Crippen LogP) is 2.76. The Bertz CT molecular complexity index is 372. The standard InChI is InChI=1S/C13H19F2NO2/c1-9(16-2)10-4-5-12(17-3)11(6-10)7-18-8-13(14)15/h4-6,9,13,16H,7-8H2,1-3H3. The lowest BCUT2D eigenvalue weighted by atomic mass is 10.0.